The van der Waals surface area contributed by atoms with Crippen LogP contribution in [0.5, 0.6) is 0 Å². The fraction of sp³-hybridized carbons (Fsp3) is 0.346. The predicted molar refractivity (Wildman–Crippen MR) is 138 cm³/mol. The van der Waals surface area contributed by atoms with Gasteiger partial charge in [0, 0.05) is 17.4 Å². The number of carbonyl (C=O) groups is 2. The van der Waals surface area contributed by atoms with Crippen LogP contribution in [0.15, 0.2) is 55.9 Å². The van der Waals surface area contributed by atoms with Crippen LogP contribution in [0.1, 0.15) is 50.4 Å². The fourth-order valence-electron chi connectivity index (χ4n) is 3.85. The standard InChI is InChI=1S/C16H15N5O3.C8H16.C2H4/c1-24-16(23)20-11-4-2-9(3-5-11)10-6-13-14(17)12(15(18)22)7-19-21(13)8-10;1-7-5-4-6-8(7,2)3;1-2/h2-8H,17H2,1H3,(H2,18,22)(H,20,23);7H,4-6H2,1-3H3;1-2H2. The summed E-state index contributed by atoms with van der Waals surface area (Å²) in [5.41, 5.74) is 15.4. The average Bonchev–Trinajstić information content (AvgIpc) is 3.39. The number of nitrogens with one attached hydrogen (secondary N) is 1. The Morgan fingerprint density at radius 3 is 2.32 bits per heavy atom. The third-order valence-electron chi connectivity index (χ3n) is 6.39. The second-order valence-electron chi connectivity index (χ2n) is 8.87. The van der Waals surface area contributed by atoms with Crippen LogP contribution in [0.4, 0.5) is 16.2 Å². The molecular weight excluding hydrogens is 430 g/mol. The summed E-state index contributed by atoms with van der Waals surface area (Å²) < 4.78 is 6.12. The molecule has 1 unspecified atom stereocenters. The maximum Gasteiger partial charge on any atom is 0.411 e. The number of hydrogen-bond acceptors (Lipinski definition) is 5. The highest BCUT2D eigenvalue weighted by Gasteiger charge is 2.30. The minimum absolute atomic E-state index is 0.185. The van der Waals surface area contributed by atoms with Crippen molar-refractivity contribution in [2.45, 2.75) is 40.0 Å². The van der Waals surface area contributed by atoms with Crippen LogP contribution < -0.4 is 16.8 Å². The largest absolute Gasteiger partial charge is 0.453 e. The molecule has 1 saturated carbocycles. The molecule has 5 N–H and O–H groups in total. The van der Waals surface area contributed by atoms with Gasteiger partial charge in [-0.3, -0.25) is 10.1 Å². The van der Waals surface area contributed by atoms with E-state index in [0.717, 1.165) is 17.0 Å². The van der Waals surface area contributed by atoms with Gasteiger partial charge >= 0.3 is 6.09 Å². The number of aromatic nitrogens is 2. The van der Waals surface area contributed by atoms with E-state index in [4.69, 9.17) is 11.5 Å². The van der Waals surface area contributed by atoms with E-state index in [9.17, 15) is 9.59 Å². The van der Waals surface area contributed by atoms with Crippen LogP contribution in [-0.2, 0) is 4.74 Å². The Balaban J connectivity index is 0.000000343. The van der Waals surface area contributed by atoms with Crippen LogP contribution in [-0.4, -0.2) is 28.7 Å². The summed E-state index contributed by atoms with van der Waals surface area (Å²) in [7, 11) is 1.30. The van der Waals surface area contributed by atoms with Gasteiger partial charge < -0.3 is 16.2 Å². The van der Waals surface area contributed by atoms with E-state index in [-0.39, 0.29) is 11.3 Å². The molecule has 182 valence electrons. The number of rotatable bonds is 3. The minimum Gasteiger partial charge on any atom is -0.453 e. The quantitative estimate of drug-likeness (QED) is 0.441. The van der Waals surface area contributed by atoms with Crippen LogP contribution in [0.25, 0.3) is 16.6 Å². The molecule has 4 rings (SSSR count). The molecule has 8 nitrogen and oxygen atoms in total. The number of carbonyl (C=O) groups excluding carboxylic acids is 2. The molecule has 1 aliphatic carbocycles. The van der Waals surface area contributed by atoms with Crippen LogP contribution in [0.2, 0.25) is 0 Å². The van der Waals surface area contributed by atoms with Crippen molar-refractivity contribution in [3.8, 4) is 11.1 Å². The molecule has 2 amide bonds. The number of methoxy groups -OCH3 is 1. The van der Waals surface area contributed by atoms with Crippen molar-refractivity contribution in [3.05, 3.63) is 61.4 Å². The molecule has 0 bridgehead atoms. The Hall–Kier alpha value is -3.81. The zero-order valence-corrected chi connectivity index (χ0v) is 20.4. The molecule has 2 aromatic heterocycles. The molecule has 8 heteroatoms. The van der Waals surface area contributed by atoms with Gasteiger partial charge in [-0.1, -0.05) is 45.7 Å². The van der Waals surface area contributed by atoms with Crippen molar-refractivity contribution in [2.75, 3.05) is 18.2 Å². The molecule has 34 heavy (non-hydrogen) atoms. The molecule has 0 radical (unpaired) electrons. The first-order chi connectivity index (χ1) is 16.1. The Labute approximate surface area is 201 Å². The van der Waals surface area contributed by atoms with Gasteiger partial charge in [0.1, 0.15) is 0 Å². The fourth-order valence-corrected chi connectivity index (χ4v) is 3.85. The Kier molecular flexibility index (Phi) is 8.83. The lowest BCUT2D eigenvalue weighted by Gasteiger charge is -2.22. The third kappa shape index (κ3) is 6.15. The van der Waals surface area contributed by atoms with Gasteiger partial charge in [0.25, 0.3) is 5.91 Å². The number of fused-ring (bicyclic) bond motifs is 1. The lowest BCUT2D eigenvalue weighted by atomic mass is 9.83. The molecule has 1 aromatic carbocycles. The summed E-state index contributed by atoms with van der Waals surface area (Å²) in [6, 6.07) is 8.99. The third-order valence-corrected chi connectivity index (χ3v) is 6.39. The minimum atomic E-state index is -0.622. The summed E-state index contributed by atoms with van der Waals surface area (Å²) >= 11 is 0. The molecule has 1 atom stereocenters. The second kappa shape index (κ2) is 11.4. The Morgan fingerprint density at radius 2 is 1.85 bits per heavy atom. The number of nitrogens with zero attached hydrogens (tertiary/aromatic N) is 2. The van der Waals surface area contributed by atoms with Gasteiger partial charge in [-0.2, -0.15) is 5.10 Å². The Morgan fingerprint density at radius 1 is 1.21 bits per heavy atom. The van der Waals surface area contributed by atoms with Gasteiger partial charge in [-0.25, -0.2) is 9.31 Å². The smallest absolute Gasteiger partial charge is 0.411 e. The number of ether oxygens (including phenoxy) is 1. The predicted octanol–water partition coefficient (Wildman–Crippen LogP) is 5.50. The summed E-state index contributed by atoms with van der Waals surface area (Å²) in [5.74, 6) is 0.339. The van der Waals surface area contributed by atoms with Gasteiger partial charge in [0.2, 0.25) is 0 Å². The monoisotopic (exact) mass is 465 g/mol. The molecule has 2 heterocycles. The first-order valence-electron chi connectivity index (χ1n) is 11.1. The van der Waals surface area contributed by atoms with Gasteiger partial charge in [0.15, 0.2) is 0 Å². The van der Waals surface area contributed by atoms with Crippen molar-refractivity contribution in [1.29, 1.82) is 0 Å². The van der Waals surface area contributed by atoms with E-state index in [2.05, 4.69) is 49.1 Å². The van der Waals surface area contributed by atoms with Gasteiger partial charge in [-0.15, -0.1) is 13.2 Å². The van der Waals surface area contributed by atoms with Crippen molar-refractivity contribution in [2.24, 2.45) is 17.1 Å². The maximum atomic E-state index is 11.3. The maximum absolute atomic E-state index is 11.3. The zero-order valence-electron chi connectivity index (χ0n) is 20.4. The van der Waals surface area contributed by atoms with E-state index >= 15 is 0 Å². The first kappa shape index (κ1) is 26.4. The highest BCUT2D eigenvalue weighted by atomic mass is 16.5. The highest BCUT2D eigenvalue weighted by molar-refractivity contribution is 6.01. The summed E-state index contributed by atoms with van der Waals surface area (Å²) in [6.45, 7) is 13.1. The van der Waals surface area contributed by atoms with Gasteiger partial charge in [0.05, 0.1) is 30.1 Å². The van der Waals surface area contributed by atoms with Crippen molar-refractivity contribution >= 4 is 28.9 Å². The van der Waals surface area contributed by atoms with E-state index in [1.807, 2.05) is 18.2 Å². The number of nitrogens with two attached hydrogens (primary N) is 2. The Bertz CT molecular complexity index is 1140. The number of primary amides is 1. The molecule has 0 saturated heterocycles. The number of amides is 2. The normalized spacial score (nSPS) is 15.9. The van der Waals surface area contributed by atoms with E-state index in [1.54, 1.807) is 22.8 Å². The summed E-state index contributed by atoms with van der Waals surface area (Å²) in [4.78, 5) is 22.5. The molecule has 1 aliphatic rings. The van der Waals surface area contributed by atoms with Crippen LogP contribution in [0.3, 0.4) is 0 Å². The van der Waals surface area contributed by atoms with Crippen molar-refractivity contribution in [1.82, 2.24) is 9.61 Å². The summed E-state index contributed by atoms with van der Waals surface area (Å²) in [6.07, 6.45) is 6.94. The van der Waals surface area contributed by atoms with Gasteiger partial charge in [-0.05, 0) is 41.5 Å². The topological polar surface area (TPSA) is 125 Å². The summed E-state index contributed by atoms with van der Waals surface area (Å²) in [5, 5.41) is 6.72. The van der Waals surface area contributed by atoms with E-state index in [0.29, 0.717) is 16.6 Å². The molecule has 1 fully saturated rings. The van der Waals surface area contributed by atoms with E-state index in [1.165, 1.54) is 32.6 Å². The second-order valence-corrected chi connectivity index (χ2v) is 8.87. The number of nitrogen functional groups attached to an aromatic ring is 1. The number of benzene rings is 1. The average molecular weight is 466 g/mol. The lowest BCUT2D eigenvalue weighted by Crippen LogP contribution is -2.15. The van der Waals surface area contributed by atoms with Crippen molar-refractivity contribution in [3.63, 3.8) is 0 Å². The highest BCUT2D eigenvalue weighted by Crippen LogP contribution is 2.41. The molecule has 0 aliphatic heterocycles. The van der Waals surface area contributed by atoms with Crippen molar-refractivity contribution < 1.29 is 14.3 Å². The number of anilines is 2. The van der Waals surface area contributed by atoms with Crippen LogP contribution in [0, 0.1) is 11.3 Å². The molecular formula is C26H35N5O3. The zero-order chi connectivity index (χ0) is 25.5. The number of hydrogen-bond donors (Lipinski definition) is 3. The SMILES string of the molecule is C=C.CC1CCCC1(C)C.COC(=O)Nc1ccc(-c2cc3c(N)c(C(N)=O)cnn3c2)cc1. The lowest BCUT2D eigenvalue weighted by molar-refractivity contribution is 0.100. The van der Waals surface area contributed by atoms with Crippen LogP contribution >= 0.6 is 0 Å². The molecule has 0 spiro atoms. The molecule has 3 aromatic rings. The van der Waals surface area contributed by atoms with E-state index < -0.39 is 12.0 Å². The first-order valence-corrected chi connectivity index (χ1v) is 11.1.